The second-order valence-corrected chi connectivity index (χ2v) is 10.0. The van der Waals surface area contributed by atoms with Crippen LogP contribution in [0.25, 0.3) is 0 Å². The van der Waals surface area contributed by atoms with Crippen LogP contribution in [0.2, 0.25) is 0 Å². The first-order chi connectivity index (χ1) is 17.9. The van der Waals surface area contributed by atoms with E-state index in [0.29, 0.717) is 0 Å². The van der Waals surface area contributed by atoms with Gasteiger partial charge in [0.15, 0.2) is 0 Å². The normalized spacial score (nSPS) is 14.3. The average molecular weight is 527 g/mol. The zero-order chi connectivity index (χ0) is 28.4. The first-order valence-corrected chi connectivity index (χ1v) is 12.6. The van der Waals surface area contributed by atoms with Crippen LogP contribution >= 0.6 is 0 Å². The van der Waals surface area contributed by atoms with Gasteiger partial charge in [-0.1, -0.05) is 70.2 Å². The second kappa shape index (κ2) is 14.1. The summed E-state index contributed by atoms with van der Waals surface area (Å²) in [7, 11) is 0. The molecule has 2 rings (SSSR count). The summed E-state index contributed by atoms with van der Waals surface area (Å²) in [5.74, 6) is -3.55. The molecule has 2 aromatic carbocycles. The van der Waals surface area contributed by atoms with Crippen molar-refractivity contribution in [2.24, 2.45) is 17.6 Å². The van der Waals surface area contributed by atoms with E-state index in [1.807, 2.05) is 30.3 Å². The number of nitrogens with one attached hydrogen (secondary N) is 3. The second-order valence-electron chi connectivity index (χ2n) is 10.0. The third kappa shape index (κ3) is 9.19. The van der Waals surface area contributed by atoms with E-state index in [4.69, 9.17) is 5.73 Å². The fraction of sp³-hybridized carbons (Fsp3) is 0.429. The number of hydrogen-bond donors (Lipinski definition) is 6. The van der Waals surface area contributed by atoms with E-state index in [-0.39, 0.29) is 30.4 Å². The molecular formula is C28H38N4O6. The number of aromatic hydroxyl groups is 1. The summed E-state index contributed by atoms with van der Waals surface area (Å²) < 4.78 is 0. The molecule has 206 valence electrons. The molecule has 0 aliphatic heterocycles. The molecule has 10 nitrogen and oxygen atoms in total. The summed E-state index contributed by atoms with van der Waals surface area (Å²) >= 11 is 0. The van der Waals surface area contributed by atoms with Gasteiger partial charge in [0.05, 0.1) is 6.04 Å². The molecule has 0 fully saturated rings. The van der Waals surface area contributed by atoms with Gasteiger partial charge in [-0.15, -0.1) is 0 Å². The maximum atomic E-state index is 13.4. The van der Waals surface area contributed by atoms with E-state index in [1.165, 1.54) is 12.1 Å². The smallest absolute Gasteiger partial charge is 0.326 e. The Kier molecular flexibility index (Phi) is 11.3. The maximum Gasteiger partial charge on any atom is 0.326 e. The Bertz CT molecular complexity index is 1090. The molecule has 0 heterocycles. The Balaban J connectivity index is 2.19. The molecule has 4 unspecified atom stereocenters. The Labute approximate surface area is 223 Å². The number of rotatable bonds is 13. The van der Waals surface area contributed by atoms with Gasteiger partial charge in [-0.2, -0.15) is 0 Å². The highest BCUT2D eigenvalue weighted by Gasteiger charge is 2.32. The number of carbonyl (C=O) groups is 4. The summed E-state index contributed by atoms with van der Waals surface area (Å²) in [5, 5.41) is 26.8. The number of nitrogens with two attached hydrogens (primary N) is 1. The monoisotopic (exact) mass is 526 g/mol. The molecular weight excluding hydrogens is 488 g/mol. The lowest BCUT2D eigenvalue weighted by molar-refractivity contribution is -0.143. The van der Waals surface area contributed by atoms with Crippen molar-refractivity contribution in [1.29, 1.82) is 0 Å². The maximum absolute atomic E-state index is 13.4. The van der Waals surface area contributed by atoms with Gasteiger partial charge in [0.1, 0.15) is 23.9 Å². The molecule has 38 heavy (non-hydrogen) atoms. The van der Waals surface area contributed by atoms with Gasteiger partial charge in [-0.25, -0.2) is 4.79 Å². The molecule has 10 heteroatoms. The van der Waals surface area contributed by atoms with E-state index in [2.05, 4.69) is 16.0 Å². The van der Waals surface area contributed by atoms with Crippen molar-refractivity contribution in [2.45, 2.75) is 64.7 Å². The summed E-state index contributed by atoms with van der Waals surface area (Å²) in [5.41, 5.74) is 7.64. The third-order valence-electron chi connectivity index (χ3n) is 6.12. The van der Waals surface area contributed by atoms with E-state index < -0.39 is 47.9 Å². The minimum Gasteiger partial charge on any atom is -0.508 e. The zero-order valence-corrected chi connectivity index (χ0v) is 22.2. The number of carbonyl (C=O) groups excluding carboxylic acids is 3. The van der Waals surface area contributed by atoms with Gasteiger partial charge in [0.25, 0.3) is 0 Å². The number of phenols is 1. The third-order valence-corrected chi connectivity index (χ3v) is 6.12. The largest absolute Gasteiger partial charge is 0.508 e. The van der Waals surface area contributed by atoms with Crippen LogP contribution in [0, 0.1) is 11.8 Å². The number of aliphatic carboxylic acids is 1. The summed E-state index contributed by atoms with van der Waals surface area (Å²) in [4.78, 5) is 50.9. The lowest BCUT2D eigenvalue weighted by Crippen LogP contribution is -2.59. The molecule has 0 spiro atoms. The number of hydrogen-bond acceptors (Lipinski definition) is 6. The minimum absolute atomic E-state index is 0.0955. The Morgan fingerprint density at radius 3 is 1.76 bits per heavy atom. The Hall–Kier alpha value is -3.92. The van der Waals surface area contributed by atoms with Crippen molar-refractivity contribution >= 4 is 23.7 Å². The Morgan fingerprint density at radius 1 is 0.711 bits per heavy atom. The van der Waals surface area contributed by atoms with Gasteiger partial charge in [0.2, 0.25) is 17.7 Å². The van der Waals surface area contributed by atoms with E-state index in [9.17, 15) is 29.4 Å². The molecule has 7 N–H and O–H groups in total. The molecule has 2 aromatic rings. The lowest BCUT2D eigenvalue weighted by atomic mass is 9.98. The first kappa shape index (κ1) is 30.3. The van der Waals surface area contributed by atoms with Gasteiger partial charge in [-0.05, 0) is 41.5 Å². The highest BCUT2D eigenvalue weighted by atomic mass is 16.4. The molecule has 0 saturated carbocycles. The highest BCUT2D eigenvalue weighted by molar-refractivity contribution is 5.94. The summed E-state index contributed by atoms with van der Waals surface area (Å²) in [6.07, 6.45) is 0.342. The van der Waals surface area contributed by atoms with Crippen LogP contribution in [0.3, 0.4) is 0 Å². The van der Waals surface area contributed by atoms with Crippen molar-refractivity contribution < 1.29 is 29.4 Å². The zero-order valence-electron chi connectivity index (χ0n) is 22.2. The van der Waals surface area contributed by atoms with Gasteiger partial charge < -0.3 is 31.9 Å². The predicted octanol–water partition coefficient (Wildman–Crippen LogP) is 1.36. The molecule has 0 aromatic heterocycles. The standard InChI is InChI=1S/C28H38N4O6/c1-16(2)23(27(36)32-24(17(3)4)28(37)38)31-26(35)22(15-18-8-6-5-7-9-18)30-25(34)21(29)14-19-10-12-20(33)13-11-19/h5-13,16-17,21-24,33H,14-15,29H2,1-4H3,(H,30,34)(H,31,35)(H,32,36)(H,37,38). The van der Waals surface area contributed by atoms with Crippen LogP contribution in [-0.2, 0) is 32.0 Å². The molecule has 0 radical (unpaired) electrons. The average Bonchev–Trinajstić information content (AvgIpc) is 2.86. The van der Waals surface area contributed by atoms with Crippen LogP contribution in [0.5, 0.6) is 5.75 Å². The van der Waals surface area contributed by atoms with Gasteiger partial charge in [0, 0.05) is 6.42 Å². The van der Waals surface area contributed by atoms with Crippen molar-refractivity contribution in [1.82, 2.24) is 16.0 Å². The molecule has 4 atom stereocenters. The fourth-order valence-corrected chi connectivity index (χ4v) is 3.86. The summed E-state index contributed by atoms with van der Waals surface area (Å²) in [6.45, 7) is 6.81. The van der Waals surface area contributed by atoms with E-state index in [1.54, 1.807) is 39.8 Å². The number of phenolic OH excluding ortho intramolecular Hbond substituents is 1. The molecule has 0 aliphatic rings. The number of amides is 3. The van der Waals surface area contributed by atoms with Crippen molar-refractivity contribution in [3.05, 3.63) is 65.7 Å². The highest BCUT2D eigenvalue weighted by Crippen LogP contribution is 2.12. The van der Waals surface area contributed by atoms with Crippen LogP contribution in [-0.4, -0.2) is 58.1 Å². The molecule has 0 aliphatic carbocycles. The van der Waals surface area contributed by atoms with Gasteiger partial charge >= 0.3 is 5.97 Å². The Morgan fingerprint density at radius 2 is 1.24 bits per heavy atom. The molecule has 0 saturated heterocycles. The lowest BCUT2D eigenvalue weighted by Gasteiger charge is -2.28. The van der Waals surface area contributed by atoms with Gasteiger partial charge in [-0.3, -0.25) is 14.4 Å². The number of benzene rings is 2. The fourth-order valence-electron chi connectivity index (χ4n) is 3.86. The van der Waals surface area contributed by atoms with Crippen molar-refractivity contribution in [3.63, 3.8) is 0 Å². The van der Waals surface area contributed by atoms with Crippen LogP contribution in [0.4, 0.5) is 0 Å². The number of carboxylic acid groups (broad SMARTS) is 1. The van der Waals surface area contributed by atoms with E-state index >= 15 is 0 Å². The van der Waals surface area contributed by atoms with Crippen LogP contribution < -0.4 is 21.7 Å². The quantitative estimate of drug-likeness (QED) is 0.229. The first-order valence-electron chi connectivity index (χ1n) is 12.6. The minimum atomic E-state index is -1.17. The SMILES string of the molecule is CC(C)C(NC(=O)C(NC(=O)C(Cc1ccccc1)NC(=O)C(N)Cc1ccc(O)cc1)C(C)C)C(=O)O. The van der Waals surface area contributed by atoms with Crippen LogP contribution in [0.15, 0.2) is 54.6 Å². The van der Waals surface area contributed by atoms with Crippen molar-refractivity contribution in [3.8, 4) is 5.75 Å². The van der Waals surface area contributed by atoms with Crippen LogP contribution in [0.1, 0.15) is 38.8 Å². The molecule has 0 bridgehead atoms. The topological polar surface area (TPSA) is 171 Å². The molecule has 3 amide bonds. The van der Waals surface area contributed by atoms with Crippen molar-refractivity contribution in [2.75, 3.05) is 0 Å². The summed E-state index contributed by atoms with van der Waals surface area (Å²) in [6, 6.07) is 11.3. The number of carboxylic acids is 1. The van der Waals surface area contributed by atoms with E-state index in [0.717, 1.165) is 11.1 Å². The predicted molar refractivity (Wildman–Crippen MR) is 143 cm³/mol.